The molecule has 0 aliphatic rings. The Bertz CT molecular complexity index is 721. The van der Waals surface area contributed by atoms with Gasteiger partial charge in [-0.1, -0.05) is 19.0 Å². The van der Waals surface area contributed by atoms with Gasteiger partial charge in [0.1, 0.15) is 18.2 Å². The molecule has 1 aromatic heterocycles. The molecule has 28 heavy (non-hydrogen) atoms. The fraction of sp³-hybridized carbons (Fsp3) is 0.526. The third-order valence-corrected chi connectivity index (χ3v) is 3.79. The second-order valence-corrected chi connectivity index (χ2v) is 6.41. The van der Waals surface area contributed by atoms with E-state index in [1.54, 1.807) is 12.1 Å². The molecule has 0 fully saturated rings. The Kier molecular flexibility index (Phi) is 10.8. The van der Waals surface area contributed by atoms with E-state index in [0.29, 0.717) is 37.8 Å². The van der Waals surface area contributed by atoms with Crippen molar-refractivity contribution >= 4 is 29.9 Å². The monoisotopic (exact) mass is 505 g/mol. The Morgan fingerprint density at radius 3 is 2.64 bits per heavy atom. The predicted molar refractivity (Wildman–Crippen MR) is 118 cm³/mol. The van der Waals surface area contributed by atoms with Crippen molar-refractivity contribution in [1.29, 1.82) is 0 Å². The van der Waals surface area contributed by atoms with Crippen molar-refractivity contribution in [2.24, 2.45) is 4.99 Å². The first-order chi connectivity index (χ1) is 13.0. The van der Waals surface area contributed by atoms with Gasteiger partial charge in [0.15, 0.2) is 11.8 Å². The van der Waals surface area contributed by atoms with E-state index in [1.165, 1.54) is 12.1 Å². The maximum atomic E-state index is 12.9. The highest BCUT2D eigenvalue weighted by Crippen LogP contribution is 2.11. The van der Waals surface area contributed by atoms with Crippen molar-refractivity contribution in [3.8, 4) is 5.75 Å². The van der Waals surface area contributed by atoms with Gasteiger partial charge in [0.25, 0.3) is 0 Å². The lowest BCUT2D eigenvalue weighted by molar-refractivity contribution is 0.281. The van der Waals surface area contributed by atoms with Crippen LogP contribution in [-0.2, 0) is 6.42 Å². The van der Waals surface area contributed by atoms with Crippen LogP contribution in [0.15, 0.2) is 33.8 Å². The standard InChI is InChI=1S/C19H28FN5O2.HI/c1-5-21-19(22-11-10-17-23-18(14(2)3)24-27-17)25(4)12-13-26-16-8-6-15(20)7-9-16;/h6-9,14H,5,10-13H2,1-4H3,(H,21,22);1H. The van der Waals surface area contributed by atoms with E-state index in [2.05, 4.69) is 20.4 Å². The molecule has 1 N–H and O–H groups in total. The molecule has 0 bridgehead atoms. The molecule has 0 unspecified atom stereocenters. The molecule has 0 spiro atoms. The molecular formula is C19H29FIN5O2. The third-order valence-electron chi connectivity index (χ3n) is 3.79. The van der Waals surface area contributed by atoms with Gasteiger partial charge in [0, 0.05) is 25.9 Å². The lowest BCUT2D eigenvalue weighted by Gasteiger charge is -2.22. The van der Waals surface area contributed by atoms with Crippen LogP contribution in [0.4, 0.5) is 4.39 Å². The number of nitrogens with zero attached hydrogens (tertiary/aromatic N) is 4. The summed E-state index contributed by atoms with van der Waals surface area (Å²) in [6.07, 6.45) is 0.592. The topological polar surface area (TPSA) is 75.8 Å². The van der Waals surface area contributed by atoms with Crippen molar-refractivity contribution in [3.05, 3.63) is 41.8 Å². The minimum absolute atomic E-state index is 0. The summed E-state index contributed by atoms with van der Waals surface area (Å²) in [5.41, 5.74) is 0. The predicted octanol–water partition coefficient (Wildman–Crippen LogP) is 3.47. The fourth-order valence-electron chi connectivity index (χ4n) is 2.27. The van der Waals surface area contributed by atoms with Gasteiger partial charge < -0.3 is 19.5 Å². The Labute approximate surface area is 182 Å². The number of nitrogens with one attached hydrogen (secondary N) is 1. The number of rotatable bonds is 9. The Balaban J connectivity index is 0.00000392. The number of hydrogen-bond donors (Lipinski definition) is 1. The van der Waals surface area contributed by atoms with E-state index in [1.807, 2.05) is 32.7 Å². The molecule has 0 atom stereocenters. The van der Waals surface area contributed by atoms with E-state index in [0.717, 1.165) is 18.3 Å². The third kappa shape index (κ3) is 7.99. The Morgan fingerprint density at radius 2 is 2.04 bits per heavy atom. The molecular weight excluding hydrogens is 476 g/mol. The number of benzene rings is 1. The van der Waals surface area contributed by atoms with E-state index >= 15 is 0 Å². The fourth-order valence-corrected chi connectivity index (χ4v) is 2.27. The van der Waals surface area contributed by atoms with E-state index in [-0.39, 0.29) is 35.7 Å². The normalized spacial score (nSPS) is 11.3. The number of likely N-dealkylation sites (N-methyl/N-ethyl adjacent to an activating group) is 1. The molecule has 0 radical (unpaired) electrons. The van der Waals surface area contributed by atoms with Gasteiger partial charge >= 0.3 is 0 Å². The second kappa shape index (κ2) is 12.5. The van der Waals surface area contributed by atoms with Gasteiger partial charge in [-0.3, -0.25) is 4.99 Å². The summed E-state index contributed by atoms with van der Waals surface area (Å²) in [6, 6.07) is 5.99. The van der Waals surface area contributed by atoms with Crippen molar-refractivity contribution in [3.63, 3.8) is 0 Å². The maximum absolute atomic E-state index is 12.9. The first-order valence-corrected chi connectivity index (χ1v) is 9.20. The molecule has 0 saturated heterocycles. The van der Waals surface area contributed by atoms with Crippen molar-refractivity contribution < 1.29 is 13.7 Å². The maximum Gasteiger partial charge on any atom is 0.228 e. The number of aliphatic imine (C=N–C) groups is 1. The lowest BCUT2D eigenvalue weighted by atomic mass is 10.2. The summed E-state index contributed by atoms with van der Waals surface area (Å²) in [5, 5.41) is 7.21. The zero-order chi connectivity index (χ0) is 19.6. The SMILES string of the molecule is CCNC(=NCCc1nc(C(C)C)no1)N(C)CCOc1ccc(F)cc1.I. The lowest BCUT2D eigenvalue weighted by Crippen LogP contribution is -2.41. The van der Waals surface area contributed by atoms with E-state index < -0.39 is 0 Å². The highest BCUT2D eigenvalue weighted by atomic mass is 127. The summed E-state index contributed by atoms with van der Waals surface area (Å²) in [5.74, 6) is 2.71. The van der Waals surface area contributed by atoms with Gasteiger partial charge in [-0.25, -0.2) is 4.39 Å². The average molecular weight is 505 g/mol. The Morgan fingerprint density at radius 1 is 1.32 bits per heavy atom. The molecule has 0 saturated carbocycles. The van der Waals surface area contributed by atoms with Crippen LogP contribution in [0.5, 0.6) is 5.75 Å². The highest BCUT2D eigenvalue weighted by molar-refractivity contribution is 14.0. The van der Waals surface area contributed by atoms with Gasteiger partial charge in [-0.2, -0.15) is 4.98 Å². The molecule has 7 nitrogen and oxygen atoms in total. The zero-order valence-electron chi connectivity index (χ0n) is 16.8. The molecule has 156 valence electrons. The minimum Gasteiger partial charge on any atom is -0.492 e. The molecule has 1 heterocycles. The summed E-state index contributed by atoms with van der Waals surface area (Å²) >= 11 is 0. The molecule has 2 aromatic rings. The zero-order valence-corrected chi connectivity index (χ0v) is 19.1. The summed E-state index contributed by atoms with van der Waals surface area (Å²) < 4.78 is 23.8. The minimum atomic E-state index is -0.275. The van der Waals surface area contributed by atoms with Gasteiger partial charge in [-0.15, -0.1) is 24.0 Å². The number of hydrogen-bond acceptors (Lipinski definition) is 5. The van der Waals surface area contributed by atoms with Gasteiger partial charge in [-0.05, 0) is 31.2 Å². The molecule has 0 amide bonds. The Hall–Kier alpha value is -1.91. The van der Waals surface area contributed by atoms with Gasteiger partial charge in [0.2, 0.25) is 5.89 Å². The van der Waals surface area contributed by atoms with Crippen LogP contribution in [0.2, 0.25) is 0 Å². The smallest absolute Gasteiger partial charge is 0.228 e. The van der Waals surface area contributed by atoms with Crippen LogP contribution >= 0.6 is 24.0 Å². The first-order valence-electron chi connectivity index (χ1n) is 9.20. The molecule has 1 aromatic carbocycles. The number of guanidine groups is 1. The van der Waals surface area contributed by atoms with Crippen LogP contribution in [-0.4, -0.2) is 54.3 Å². The first kappa shape index (κ1) is 24.1. The van der Waals surface area contributed by atoms with Crippen LogP contribution in [0.1, 0.15) is 38.4 Å². The number of ether oxygens (including phenoxy) is 1. The van der Waals surface area contributed by atoms with Crippen molar-refractivity contribution in [2.45, 2.75) is 33.1 Å². The molecule has 0 aliphatic carbocycles. The van der Waals surface area contributed by atoms with Crippen molar-refractivity contribution in [2.75, 3.05) is 33.3 Å². The molecule has 9 heteroatoms. The second-order valence-electron chi connectivity index (χ2n) is 6.41. The highest BCUT2D eigenvalue weighted by Gasteiger charge is 2.10. The summed E-state index contributed by atoms with van der Waals surface area (Å²) in [4.78, 5) is 10.9. The summed E-state index contributed by atoms with van der Waals surface area (Å²) in [6.45, 7) is 8.49. The average Bonchev–Trinajstić information content (AvgIpc) is 3.12. The largest absolute Gasteiger partial charge is 0.492 e. The van der Waals surface area contributed by atoms with Crippen molar-refractivity contribution in [1.82, 2.24) is 20.4 Å². The quantitative estimate of drug-likeness (QED) is 0.320. The number of halogens is 2. The molecule has 0 aliphatic heterocycles. The molecule has 2 rings (SSSR count). The van der Waals surface area contributed by atoms with Gasteiger partial charge in [0.05, 0.1) is 13.1 Å². The summed E-state index contributed by atoms with van der Waals surface area (Å²) in [7, 11) is 1.94. The van der Waals surface area contributed by atoms with E-state index in [9.17, 15) is 4.39 Å². The van der Waals surface area contributed by atoms with Crippen LogP contribution < -0.4 is 10.1 Å². The number of aromatic nitrogens is 2. The van der Waals surface area contributed by atoms with E-state index in [4.69, 9.17) is 9.26 Å². The van der Waals surface area contributed by atoms with Crippen LogP contribution in [0.3, 0.4) is 0 Å². The van der Waals surface area contributed by atoms with Crippen LogP contribution in [0, 0.1) is 5.82 Å². The van der Waals surface area contributed by atoms with Crippen LogP contribution in [0.25, 0.3) is 0 Å².